The fraction of sp³-hybridized carbons (Fsp3) is 0.346. The standard InChI is InChI=1S/C26H24N4O8/c31-24-16-11-20(30(35)36)19(12-18(16)29(15-5-6-15)13-17(24)26(33)34)27-7-9-28(10-8-27)25(32)23-14-37-21-3-1-2-4-22(21)38-23/h1-4,11-13,15,23H,5-10,14H2,(H,33,34). The number of carbonyl (C=O) groups excluding carboxylic acids is 1. The zero-order valence-electron chi connectivity index (χ0n) is 20.2. The van der Waals surface area contributed by atoms with Crippen LogP contribution < -0.4 is 19.8 Å². The number of carbonyl (C=O) groups is 2. The minimum absolute atomic E-state index is 0.00999. The number of amides is 1. The van der Waals surface area contributed by atoms with E-state index >= 15 is 0 Å². The molecule has 3 heterocycles. The van der Waals surface area contributed by atoms with Crippen LogP contribution in [0.3, 0.4) is 0 Å². The predicted molar refractivity (Wildman–Crippen MR) is 135 cm³/mol. The highest BCUT2D eigenvalue weighted by Gasteiger charge is 2.35. The number of carboxylic acids is 1. The van der Waals surface area contributed by atoms with Crippen LogP contribution in [0.1, 0.15) is 29.2 Å². The largest absolute Gasteiger partial charge is 0.485 e. The monoisotopic (exact) mass is 520 g/mol. The summed E-state index contributed by atoms with van der Waals surface area (Å²) in [5.41, 5.74) is -0.633. The average molecular weight is 520 g/mol. The number of nitro groups is 1. The van der Waals surface area contributed by atoms with Crippen molar-refractivity contribution < 1.29 is 29.1 Å². The van der Waals surface area contributed by atoms with Gasteiger partial charge in [0.25, 0.3) is 11.6 Å². The maximum atomic E-state index is 13.1. The van der Waals surface area contributed by atoms with Gasteiger partial charge in [-0.2, -0.15) is 0 Å². The molecule has 3 aliphatic rings. The third kappa shape index (κ3) is 4.07. The lowest BCUT2D eigenvalue weighted by molar-refractivity contribution is -0.384. The van der Waals surface area contributed by atoms with Crippen LogP contribution in [0.15, 0.2) is 47.4 Å². The molecule has 1 atom stereocenters. The number of rotatable bonds is 5. The first kappa shape index (κ1) is 23.8. The van der Waals surface area contributed by atoms with Crippen LogP contribution in [-0.4, -0.2) is 70.3 Å². The minimum Gasteiger partial charge on any atom is -0.485 e. The lowest BCUT2D eigenvalue weighted by atomic mass is 10.1. The van der Waals surface area contributed by atoms with Gasteiger partial charge in [-0.1, -0.05) is 12.1 Å². The Kier molecular flexibility index (Phi) is 5.66. The molecule has 12 heteroatoms. The molecule has 2 aromatic carbocycles. The lowest BCUT2D eigenvalue weighted by Gasteiger charge is -2.38. The Labute approximate surface area is 215 Å². The Hall–Kier alpha value is -4.61. The first-order valence-corrected chi connectivity index (χ1v) is 12.3. The molecule has 1 aliphatic carbocycles. The molecule has 0 bridgehead atoms. The maximum Gasteiger partial charge on any atom is 0.341 e. The summed E-state index contributed by atoms with van der Waals surface area (Å²) in [7, 11) is 0. The molecule has 1 unspecified atom stereocenters. The Balaban J connectivity index is 1.27. The first-order chi connectivity index (χ1) is 18.3. The summed E-state index contributed by atoms with van der Waals surface area (Å²) >= 11 is 0. The van der Waals surface area contributed by atoms with Crippen molar-refractivity contribution in [1.29, 1.82) is 0 Å². The third-order valence-corrected chi connectivity index (χ3v) is 7.21. The molecule has 0 radical (unpaired) electrons. The second-order valence-electron chi connectivity index (χ2n) is 9.61. The summed E-state index contributed by atoms with van der Waals surface area (Å²) in [5.74, 6) is -0.481. The van der Waals surface area contributed by atoms with Gasteiger partial charge in [-0.15, -0.1) is 0 Å². The van der Waals surface area contributed by atoms with E-state index in [1.807, 2.05) is 11.0 Å². The smallest absolute Gasteiger partial charge is 0.341 e. The number of para-hydroxylation sites is 2. The highest BCUT2D eigenvalue weighted by Crippen LogP contribution is 2.40. The summed E-state index contributed by atoms with van der Waals surface area (Å²) in [5, 5.41) is 21.5. The molecular weight excluding hydrogens is 496 g/mol. The number of ether oxygens (including phenoxy) is 2. The highest BCUT2D eigenvalue weighted by atomic mass is 16.6. The van der Waals surface area contributed by atoms with Crippen LogP contribution in [-0.2, 0) is 4.79 Å². The number of nitro benzene ring substituents is 1. The Morgan fingerprint density at radius 2 is 1.76 bits per heavy atom. The van der Waals surface area contributed by atoms with Crippen molar-refractivity contribution in [2.24, 2.45) is 0 Å². The summed E-state index contributed by atoms with van der Waals surface area (Å²) < 4.78 is 13.3. The minimum atomic E-state index is -1.37. The molecular formula is C26H24N4O8. The molecule has 1 saturated carbocycles. The van der Waals surface area contributed by atoms with Crippen molar-refractivity contribution in [3.8, 4) is 11.5 Å². The lowest BCUT2D eigenvalue weighted by Crippen LogP contribution is -2.54. The van der Waals surface area contributed by atoms with Gasteiger partial charge >= 0.3 is 5.97 Å². The van der Waals surface area contributed by atoms with Crippen LogP contribution in [0.5, 0.6) is 11.5 Å². The van der Waals surface area contributed by atoms with Crippen molar-refractivity contribution >= 4 is 34.2 Å². The number of hydrogen-bond donors (Lipinski definition) is 1. The molecule has 2 aliphatic heterocycles. The summed E-state index contributed by atoms with van der Waals surface area (Å²) in [6.45, 7) is 1.42. The number of nitrogens with zero attached hydrogens (tertiary/aromatic N) is 4. The molecule has 12 nitrogen and oxygen atoms in total. The number of hydrogen-bond acceptors (Lipinski definition) is 8. The number of piperazine rings is 1. The van der Waals surface area contributed by atoms with Crippen LogP contribution in [0, 0.1) is 10.1 Å². The highest BCUT2D eigenvalue weighted by molar-refractivity contribution is 5.95. The van der Waals surface area contributed by atoms with E-state index < -0.39 is 28.0 Å². The normalized spacial score (nSPS) is 18.9. The molecule has 1 aromatic heterocycles. The van der Waals surface area contributed by atoms with Gasteiger partial charge in [-0.05, 0) is 31.0 Å². The summed E-state index contributed by atoms with van der Waals surface area (Å²) in [4.78, 5) is 52.6. The van der Waals surface area contributed by atoms with E-state index in [1.54, 1.807) is 33.7 Å². The fourth-order valence-corrected chi connectivity index (χ4v) is 5.09. The molecule has 38 heavy (non-hydrogen) atoms. The number of benzene rings is 2. The van der Waals surface area contributed by atoms with Crippen LogP contribution in [0.4, 0.5) is 11.4 Å². The number of fused-ring (bicyclic) bond motifs is 2. The maximum absolute atomic E-state index is 13.1. The van der Waals surface area contributed by atoms with Gasteiger partial charge in [0.15, 0.2) is 11.5 Å². The fourth-order valence-electron chi connectivity index (χ4n) is 5.09. The number of aromatic carboxylic acids is 1. The van der Waals surface area contributed by atoms with E-state index in [4.69, 9.17) is 9.47 Å². The van der Waals surface area contributed by atoms with Crippen molar-refractivity contribution in [1.82, 2.24) is 9.47 Å². The van der Waals surface area contributed by atoms with Crippen molar-refractivity contribution in [2.75, 3.05) is 37.7 Å². The topological polar surface area (TPSA) is 144 Å². The van der Waals surface area contributed by atoms with E-state index in [0.29, 0.717) is 48.9 Å². The van der Waals surface area contributed by atoms with E-state index in [-0.39, 0.29) is 29.6 Å². The molecule has 196 valence electrons. The number of aromatic nitrogens is 1. The quantitative estimate of drug-likeness (QED) is 0.396. The molecule has 2 fully saturated rings. The zero-order valence-corrected chi connectivity index (χ0v) is 20.2. The van der Waals surface area contributed by atoms with Gasteiger partial charge in [0.05, 0.1) is 15.8 Å². The third-order valence-electron chi connectivity index (χ3n) is 7.21. The van der Waals surface area contributed by atoms with Crippen LogP contribution in [0.2, 0.25) is 0 Å². The van der Waals surface area contributed by atoms with Gasteiger partial charge in [-0.3, -0.25) is 19.7 Å². The Morgan fingerprint density at radius 3 is 2.42 bits per heavy atom. The van der Waals surface area contributed by atoms with E-state index in [0.717, 1.165) is 12.8 Å². The van der Waals surface area contributed by atoms with Crippen molar-refractivity contribution in [2.45, 2.75) is 25.0 Å². The summed E-state index contributed by atoms with van der Waals surface area (Å²) in [6.07, 6.45) is 2.23. The molecule has 1 saturated heterocycles. The van der Waals surface area contributed by atoms with Gasteiger partial charge in [0, 0.05) is 44.5 Å². The molecule has 1 N–H and O–H groups in total. The van der Waals surface area contributed by atoms with Crippen LogP contribution >= 0.6 is 0 Å². The van der Waals surface area contributed by atoms with Gasteiger partial charge in [0.1, 0.15) is 17.9 Å². The van der Waals surface area contributed by atoms with Crippen molar-refractivity contribution in [3.05, 3.63) is 68.5 Å². The number of anilines is 1. The van der Waals surface area contributed by atoms with Gasteiger partial charge in [0.2, 0.25) is 11.5 Å². The number of carboxylic acid groups (broad SMARTS) is 1. The average Bonchev–Trinajstić information content (AvgIpc) is 3.77. The Morgan fingerprint density at radius 1 is 1.05 bits per heavy atom. The summed E-state index contributed by atoms with van der Waals surface area (Å²) in [6, 6.07) is 9.97. The zero-order chi connectivity index (χ0) is 26.6. The first-order valence-electron chi connectivity index (χ1n) is 12.3. The second kappa shape index (κ2) is 9.05. The van der Waals surface area contributed by atoms with Gasteiger partial charge < -0.3 is 28.9 Å². The number of pyridine rings is 1. The SMILES string of the molecule is O=C(O)c1cn(C2CC2)c2cc(N3CCN(C(=O)C4COc5ccccc5O4)CC3)c([N+](=O)[O-])cc2c1=O. The Bertz CT molecular complexity index is 1540. The molecule has 0 spiro atoms. The second-order valence-corrected chi connectivity index (χ2v) is 9.61. The van der Waals surface area contributed by atoms with E-state index in [2.05, 4.69) is 0 Å². The van der Waals surface area contributed by atoms with E-state index in [9.17, 15) is 29.6 Å². The molecule has 1 amide bonds. The molecule has 3 aromatic rings. The molecule has 6 rings (SSSR count). The van der Waals surface area contributed by atoms with Crippen LogP contribution in [0.25, 0.3) is 10.9 Å². The van der Waals surface area contributed by atoms with Gasteiger partial charge in [-0.25, -0.2) is 4.79 Å². The van der Waals surface area contributed by atoms with E-state index in [1.165, 1.54) is 12.3 Å². The van der Waals surface area contributed by atoms with Crippen molar-refractivity contribution in [3.63, 3.8) is 0 Å². The predicted octanol–water partition coefficient (Wildman–Crippen LogP) is 2.43.